The van der Waals surface area contributed by atoms with E-state index in [2.05, 4.69) is 16.0 Å². The molecule has 0 radical (unpaired) electrons. The molecule has 0 spiro atoms. The molecule has 8 heteroatoms. The van der Waals surface area contributed by atoms with Crippen molar-refractivity contribution in [3.63, 3.8) is 0 Å². The van der Waals surface area contributed by atoms with Crippen molar-refractivity contribution in [1.29, 1.82) is 0 Å². The van der Waals surface area contributed by atoms with Gasteiger partial charge in [0.15, 0.2) is 0 Å². The highest BCUT2D eigenvalue weighted by molar-refractivity contribution is 6.08. The van der Waals surface area contributed by atoms with Crippen molar-refractivity contribution in [3.8, 4) is 0 Å². The number of nitrogens with one attached hydrogen (secondary N) is 3. The molecule has 2 amide bonds. The summed E-state index contributed by atoms with van der Waals surface area (Å²) in [5.41, 5.74) is 3.70. The van der Waals surface area contributed by atoms with Crippen molar-refractivity contribution in [3.05, 3.63) is 72.3 Å². The second-order valence-electron chi connectivity index (χ2n) is 9.58. The molecule has 4 aromatic rings. The Balaban J connectivity index is 1.61. The third kappa shape index (κ3) is 5.90. The van der Waals surface area contributed by atoms with Gasteiger partial charge in [0.05, 0.1) is 23.3 Å². The van der Waals surface area contributed by atoms with Crippen LogP contribution in [0.25, 0.3) is 21.8 Å². The standard InChI is InChI=1S/C28H30N4O4/c1-17(29-27(35)36-28(2,3)4)26(34)31-20-14-18(16-33)13-19(15-20)30-25-21-9-5-7-11-23(21)32-24-12-8-6-10-22(24)25/h5-15,17,33H,16H2,1-4H3,(H,29,35)(H,30,32)(H,31,34). The Hall–Kier alpha value is -4.17. The van der Waals surface area contributed by atoms with Gasteiger partial charge in [-0.25, -0.2) is 9.78 Å². The highest BCUT2D eigenvalue weighted by Crippen LogP contribution is 2.34. The van der Waals surface area contributed by atoms with Gasteiger partial charge in [-0.15, -0.1) is 0 Å². The number of rotatable bonds is 6. The molecule has 3 aromatic carbocycles. The number of hydrogen-bond acceptors (Lipinski definition) is 6. The van der Waals surface area contributed by atoms with Crippen LogP contribution in [-0.2, 0) is 16.1 Å². The number of para-hydroxylation sites is 2. The van der Waals surface area contributed by atoms with Gasteiger partial charge in [-0.2, -0.15) is 0 Å². The molecule has 4 N–H and O–H groups in total. The molecule has 36 heavy (non-hydrogen) atoms. The number of anilines is 3. The molecule has 0 saturated heterocycles. The van der Waals surface area contributed by atoms with Crippen molar-refractivity contribution in [2.45, 2.75) is 45.9 Å². The van der Waals surface area contributed by atoms with Gasteiger partial charge in [-0.1, -0.05) is 36.4 Å². The van der Waals surface area contributed by atoms with Crippen LogP contribution in [-0.4, -0.2) is 33.7 Å². The van der Waals surface area contributed by atoms with E-state index in [9.17, 15) is 14.7 Å². The van der Waals surface area contributed by atoms with E-state index < -0.39 is 23.6 Å². The number of aromatic nitrogens is 1. The summed E-state index contributed by atoms with van der Waals surface area (Å²) in [5.74, 6) is -0.415. The van der Waals surface area contributed by atoms with E-state index in [1.807, 2.05) is 54.6 Å². The van der Waals surface area contributed by atoms with Crippen LogP contribution in [0, 0.1) is 0 Å². The molecule has 186 valence electrons. The fourth-order valence-corrected chi connectivity index (χ4v) is 3.85. The average molecular weight is 487 g/mol. The van der Waals surface area contributed by atoms with Crippen molar-refractivity contribution in [1.82, 2.24) is 10.3 Å². The van der Waals surface area contributed by atoms with Crippen LogP contribution in [0.2, 0.25) is 0 Å². The summed E-state index contributed by atoms with van der Waals surface area (Å²) in [4.78, 5) is 29.6. The molecule has 0 aliphatic heterocycles. The zero-order chi connectivity index (χ0) is 25.9. The minimum Gasteiger partial charge on any atom is -0.444 e. The number of alkyl carbamates (subject to hydrolysis) is 1. The lowest BCUT2D eigenvalue weighted by molar-refractivity contribution is -0.117. The summed E-state index contributed by atoms with van der Waals surface area (Å²) in [5, 5.41) is 20.6. The number of nitrogens with zero attached hydrogens (tertiary/aromatic N) is 1. The number of benzene rings is 3. The van der Waals surface area contributed by atoms with E-state index >= 15 is 0 Å². The quantitative estimate of drug-likeness (QED) is 0.269. The highest BCUT2D eigenvalue weighted by atomic mass is 16.6. The fourth-order valence-electron chi connectivity index (χ4n) is 3.85. The van der Waals surface area contributed by atoms with Crippen molar-refractivity contribution in [2.75, 3.05) is 10.6 Å². The van der Waals surface area contributed by atoms with Gasteiger partial charge in [0.25, 0.3) is 0 Å². The van der Waals surface area contributed by atoms with E-state index in [-0.39, 0.29) is 6.61 Å². The number of aliphatic hydroxyl groups is 1. The highest BCUT2D eigenvalue weighted by Gasteiger charge is 2.21. The molecule has 0 saturated carbocycles. The van der Waals surface area contributed by atoms with Crippen LogP contribution in [0.5, 0.6) is 0 Å². The van der Waals surface area contributed by atoms with Crippen LogP contribution in [0.4, 0.5) is 21.9 Å². The predicted molar refractivity (Wildman–Crippen MR) is 142 cm³/mol. The third-order valence-electron chi connectivity index (χ3n) is 5.43. The molecule has 1 aromatic heterocycles. The predicted octanol–water partition coefficient (Wildman–Crippen LogP) is 5.48. The van der Waals surface area contributed by atoms with Crippen molar-refractivity contribution >= 4 is 50.9 Å². The number of fused-ring (bicyclic) bond motifs is 2. The first kappa shape index (κ1) is 24.9. The van der Waals surface area contributed by atoms with E-state index in [4.69, 9.17) is 9.72 Å². The molecule has 0 fully saturated rings. The number of carbonyl (C=O) groups is 2. The summed E-state index contributed by atoms with van der Waals surface area (Å²) in [6, 6.07) is 20.2. The Kier molecular flexibility index (Phi) is 7.07. The molecule has 4 rings (SSSR count). The summed E-state index contributed by atoms with van der Waals surface area (Å²) >= 11 is 0. The molecule has 8 nitrogen and oxygen atoms in total. The molecule has 0 bridgehead atoms. The van der Waals surface area contributed by atoms with Gasteiger partial charge in [0, 0.05) is 22.1 Å². The number of carbonyl (C=O) groups excluding carboxylic acids is 2. The minimum atomic E-state index is -0.831. The van der Waals surface area contributed by atoms with Gasteiger partial charge in [-0.05, 0) is 63.6 Å². The first-order valence-electron chi connectivity index (χ1n) is 11.7. The maximum Gasteiger partial charge on any atom is 0.408 e. The Morgan fingerprint density at radius 2 is 1.53 bits per heavy atom. The summed E-state index contributed by atoms with van der Waals surface area (Å²) in [6.07, 6.45) is -0.673. The molecule has 1 unspecified atom stereocenters. The van der Waals surface area contributed by atoms with Gasteiger partial charge in [0.1, 0.15) is 11.6 Å². The average Bonchev–Trinajstić information content (AvgIpc) is 2.82. The van der Waals surface area contributed by atoms with Gasteiger partial charge in [-0.3, -0.25) is 4.79 Å². The second-order valence-corrected chi connectivity index (χ2v) is 9.58. The number of hydrogen-bond donors (Lipinski definition) is 4. The maximum atomic E-state index is 12.8. The normalized spacial score (nSPS) is 12.2. The lowest BCUT2D eigenvalue weighted by atomic mass is 10.1. The largest absolute Gasteiger partial charge is 0.444 e. The minimum absolute atomic E-state index is 0.206. The lowest BCUT2D eigenvalue weighted by Crippen LogP contribution is -2.44. The maximum absolute atomic E-state index is 12.8. The SMILES string of the molecule is CC(NC(=O)OC(C)(C)C)C(=O)Nc1cc(CO)cc(Nc2c3ccccc3nc3ccccc23)c1. The zero-order valence-electron chi connectivity index (χ0n) is 20.8. The lowest BCUT2D eigenvalue weighted by Gasteiger charge is -2.22. The van der Waals surface area contributed by atoms with Crippen LogP contribution >= 0.6 is 0 Å². The smallest absolute Gasteiger partial charge is 0.408 e. The van der Waals surface area contributed by atoms with Crippen LogP contribution in [0.15, 0.2) is 66.7 Å². The number of amides is 2. The van der Waals surface area contributed by atoms with E-state index in [1.165, 1.54) is 0 Å². The van der Waals surface area contributed by atoms with Crippen LogP contribution in [0.1, 0.15) is 33.3 Å². The van der Waals surface area contributed by atoms with Gasteiger partial charge >= 0.3 is 6.09 Å². The number of ether oxygens (including phenoxy) is 1. The van der Waals surface area contributed by atoms with Crippen molar-refractivity contribution in [2.24, 2.45) is 0 Å². The molecule has 1 heterocycles. The number of aliphatic hydroxyl groups excluding tert-OH is 1. The summed E-state index contributed by atoms with van der Waals surface area (Å²) < 4.78 is 5.22. The van der Waals surface area contributed by atoms with Crippen molar-refractivity contribution < 1.29 is 19.4 Å². The Bertz CT molecular complexity index is 1370. The zero-order valence-corrected chi connectivity index (χ0v) is 20.8. The van der Waals surface area contributed by atoms with Crippen LogP contribution in [0.3, 0.4) is 0 Å². The molecule has 1 atom stereocenters. The van der Waals surface area contributed by atoms with E-state index in [0.29, 0.717) is 16.9 Å². The Morgan fingerprint density at radius 1 is 0.944 bits per heavy atom. The first-order valence-corrected chi connectivity index (χ1v) is 11.7. The number of pyridine rings is 1. The molecule has 0 aliphatic carbocycles. The monoisotopic (exact) mass is 486 g/mol. The summed E-state index contributed by atoms with van der Waals surface area (Å²) in [6.45, 7) is 6.62. The third-order valence-corrected chi connectivity index (χ3v) is 5.43. The van der Waals surface area contributed by atoms with Gasteiger partial charge < -0.3 is 25.8 Å². The molecular weight excluding hydrogens is 456 g/mol. The first-order chi connectivity index (χ1) is 17.1. The summed E-state index contributed by atoms with van der Waals surface area (Å²) in [7, 11) is 0. The molecular formula is C28H30N4O4. The fraction of sp³-hybridized carbons (Fsp3) is 0.250. The van der Waals surface area contributed by atoms with E-state index in [1.54, 1.807) is 39.8 Å². The Morgan fingerprint density at radius 3 is 2.11 bits per heavy atom. The second kappa shape index (κ2) is 10.2. The van der Waals surface area contributed by atoms with Crippen LogP contribution < -0.4 is 16.0 Å². The molecule has 0 aliphatic rings. The van der Waals surface area contributed by atoms with Gasteiger partial charge in [0.2, 0.25) is 5.91 Å². The van der Waals surface area contributed by atoms with E-state index in [0.717, 1.165) is 27.5 Å². The Labute approximate surface area is 209 Å². The topological polar surface area (TPSA) is 113 Å².